The number of anilines is 2. The Morgan fingerprint density at radius 1 is 0.885 bits per heavy atom. The van der Waals surface area contributed by atoms with E-state index in [2.05, 4.69) is 25.1 Å². The van der Waals surface area contributed by atoms with Gasteiger partial charge in [-0.05, 0) is 85.6 Å². The minimum atomic E-state index is -4.45. The maximum absolute atomic E-state index is 13.3. The van der Waals surface area contributed by atoms with Crippen LogP contribution in [0.1, 0.15) is 43.0 Å². The summed E-state index contributed by atoms with van der Waals surface area (Å²) in [5.74, 6) is -0.628. The highest BCUT2D eigenvalue weighted by Gasteiger charge is 2.44. The van der Waals surface area contributed by atoms with Gasteiger partial charge in [-0.25, -0.2) is 14.0 Å². The van der Waals surface area contributed by atoms with Crippen LogP contribution in [-0.4, -0.2) is 70.0 Å². The van der Waals surface area contributed by atoms with Crippen molar-refractivity contribution < 1.29 is 27.4 Å². The smallest absolute Gasteiger partial charge is 0.416 e. The van der Waals surface area contributed by atoms with Gasteiger partial charge in [0.15, 0.2) is 5.79 Å². The zero-order valence-electron chi connectivity index (χ0n) is 28.9. The van der Waals surface area contributed by atoms with E-state index in [-0.39, 0.29) is 31.4 Å². The number of hydrogen-bond acceptors (Lipinski definition) is 9. The largest absolute Gasteiger partial charge is 0.491 e. The number of piperazine rings is 1. The SMILES string of the molecule is CCC(C)n1ncn(-c2ccc(N3CCN(c4ccc(OC[C@@H]5CO[C@@](Cc6ccnnc6)(c6ccc(C(F)(F)F)cc6)O5)cc4)CC3)cc2)c1=O. The van der Waals surface area contributed by atoms with Crippen molar-refractivity contribution in [2.24, 2.45) is 0 Å². The summed E-state index contributed by atoms with van der Waals surface area (Å²) in [6, 6.07) is 22.6. The summed E-state index contributed by atoms with van der Waals surface area (Å²) in [6.45, 7) is 7.79. The van der Waals surface area contributed by atoms with Gasteiger partial charge in [-0.2, -0.15) is 28.5 Å². The predicted molar refractivity (Wildman–Crippen MR) is 189 cm³/mol. The molecule has 2 aliphatic rings. The van der Waals surface area contributed by atoms with Gasteiger partial charge < -0.3 is 24.0 Å². The summed E-state index contributed by atoms with van der Waals surface area (Å²) < 4.78 is 61.5. The van der Waals surface area contributed by atoms with Gasteiger partial charge in [0, 0.05) is 55.7 Å². The zero-order valence-corrected chi connectivity index (χ0v) is 28.9. The molecular weight excluding hydrogens is 675 g/mol. The van der Waals surface area contributed by atoms with Crippen LogP contribution >= 0.6 is 0 Å². The summed E-state index contributed by atoms with van der Waals surface area (Å²) in [5, 5.41) is 12.0. The number of rotatable bonds is 11. The number of aromatic nitrogens is 5. The van der Waals surface area contributed by atoms with Gasteiger partial charge in [-0.1, -0.05) is 19.1 Å². The van der Waals surface area contributed by atoms with Gasteiger partial charge in [0.05, 0.1) is 30.1 Å². The molecule has 11 nitrogen and oxygen atoms in total. The van der Waals surface area contributed by atoms with Crippen molar-refractivity contribution in [1.82, 2.24) is 24.5 Å². The molecule has 2 saturated heterocycles. The summed E-state index contributed by atoms with van der Waals surface area (Å²) in [5.41, 5.74) is 3.35. The summed E-state index contributed by atoms with van der Waals surface area (Å²) in [4.78, 5) is 17.5. The van der Waals surface area contributed by atoms with Crippen LogP contribution in [0.25, 0.3) is 5.69 Å². The molecule has 3 atom stereocenters. The van der Waals surface area contributed by atoms with Crippen molar-refractivity contribution in [3.8, 4) is 11.4 Å². The van der Waals surface area contributed by atoms with Crippen molar-refractivity contribution in [1.29, 1.82) is 0 Å². The van der Waals surface area contributed by atoms with Crippen LogP contribution in [0.15, 0.2) is 102 Å². The normalized spacial score (nSPS) is 19.9. The molecule has 0 radical (unpaired) electrons. The zero-order chi connectivity index (χ0) is 36.3. The third-order valence-electron chi connectivity index (χ3n) is 9.71. The lowest BCUT2D eigenvalue weighted by Crippen LogP contribution is -2.46. The highest BCUT2D eigenvalue weighted by molar-refractivity contribution is 5.54. The molecule has 4 heterocycles. The van der Waals surface area contributed by atoms with Crippen LogP contribution in [0.3, 0.4) is 0 Å². The minimum absolute atomic E-state index is 0.0454. The average Bonchev–Trinajstić information content (AvgIpc) is 3.78. The van der Waals surface area contributed by atoms with E-state index in [4.69, 9.17) is 14.2 Å². The van der Waals surface area contributed by atoms with Gasteiger partial charge in [0.25, 0.3) is 0 Å². The van der Waals surface area contributed by atoms with E-state index in [1.165, 1.54) is 16.8 Å². The fourth-order valence-corrected chi connectivity index (χ4v) is 6.56. The monoisotopic (exact) mass is 715 g/mol. The summed E-state index contributed by atoms with van der Waals surface area (Å²) in [6.07, 6.45) is 0.874. The second kappa shape index (κ2) is 14.8. The second-order valence-corrected chi connectivity index (χ2v) is 13.1. The van der Waals surface area contributed by atoms with E-state index in [1.807, 2.05) is 62.4 Å². The first-order chi connectivity index (χ1) is 25.1. The average molecular weight is 716 g/mol. The molecule has 0 amide bonds. The van der Waals surface area contributed by atoms with E-state index < -0.39 is 23.6 Å². The van der Waals surface area contributed by atoms with Crippen molar-refractivity contribution in [2.75, 3.05) is 49.2 Å². The highest BCUT2D eigenvalue weighted by atomic mass is 19.4. The summed E-state index contributed by atoms with van der Waals surface area (Å²) >= 11 is 0. The lowest BCUT2D eigenvalue weighted by atomic mass is 9.97. The number of alkyl halides is 3. The number of halogens is 3. The van der Waals surface area contributed by atoms with Crippen LogP contribution in [0.2, 0.25) is 0 Å². The maximum atomic E-state index is 13.3. The molecule has 7 rings (SSSR count). The Hall–Kier alpha value is -5.21. The van der Waals surface area contributed by atoms with Crippen LogP contribution < -0.4 is 20.2 Å². The molecule has 2 aliphatic heterocycles. The molecule has 2 fully saturated rings. The van der Waals surface area contributed by atoms with E-state index in [0.717, 1.165) is 67.4 Å². The number of hydrogen-bond donors (Lipinski definition) is 0. The standard InChI is InChI=1S/C38H40F3N7O4/c1-3-27(2)48-36(49)47(26-44-48)33-10-8-31(9-11-33)45-18-20-46(21-19-45)32-12-14-34(15-13-32)50-24-35-25-51-37(52-35,22-28-16-17-42-43-23-28)29-4-6-30(7-5-29)38(39,40)41/h4-17,23,26-27,35H,3,18-22,24-25H2,1-2H3/t27?,35-,37-/m1/s1. The van der Waals surface area contributed by atoms with Crippen molar-refractivity contribution in [2.45, 2.75) is 50.8 Å². The minimum Gasteiger partial charge on any atom is -0.491 e. The molecule has 0 aliphatic carbocycles. The quantitative estimate of drug-likeness (QED) is 0.162. The molecule has 5 aromatic rings. The van der Waals surface area contributed by atoms with E-state index in [0.29, 0.717) is 11.3 Å². The van der Waals surface area contributed by atoms with Crippen LogP contribution in [0, 0.1) is 0 Å². The second-order valence-electron chi connectivity index (χ2n) is 13.1. The van der Waals surface area contributed by atoms with Gasteiger partial charge in [0.2, 0.25) is 0 Å². The Labute approximate surface area is 299 Å². The molecule has 0 N–H and O–H groups in total. The van der Waals surface area contributed by atoms with Crippen LogP contribution in [0.5, 0.6) is 5.75 Å². The third-order valence-corrected chi connectivity index (χ3v) is 9.71. The van der Waals surface area contributed by atoms with E-state index in [1.54, 1.807) is 29.4 Å². The molecule has 1 unspecified atom stereocenters. The molecule has 0 spiro atoms. The lowest BCUT2D eigenvalue weighted by molar-refractivity contribution is -0.178. The Balaban J connectivity index is 0.930. The van der Waals surface area contributed by atoms with Gasteiger partial charge in [-0.3, -0.25) is 0 Å². The van der Waals surface area contributed by atoms with Gasteiger partial charge >= 0.3 is 11.9 Å². The fraction of sp³-hybridized carbons (Fsp3) is 0.368. The number of ether oxygens (including phenoxy) is 3. The molecule has 52 heavy (non-hydrogen) atoms. The Morgan fingerprint density at radius 2 is 1.52 bits per heavy atom. The van der Waals surface area contributed by atoms with Crippen LogP contribution in [0.4, 0.5) is 24.5 Å². The molecule has 2 aromatic heterocycles. The van der Waals surface area contributed by atoms with Crippen molar-refractivity contribution in [3.05, 3.63) is 125 Å². The first kappa shape index (κ1) is 35.2. The topological polar surface area (TPSA) is 99.8 Å². The third kappa shape index (κ3) is 7.53. The van der Waals surface area contributed by atoms with Crippen molar-refractivity contribution >= 4 is 11.4 Å². The van der Waals surface area contributed by atoms with Gasteiger partial charge in [0.1, 0.15) is 24.8 Å². The van der Waals surface area contributed by atoms with E-state index in [9.17, 15) is 18.0 Å². The van der Waals surface area contributed by atoms with Gasteiger partial charge in [-0.15, -0.1) is 0 Å². The predicted octanol–water partition coefficient (Wildman–Crippen LogP) is 6.03. The highest BCUT2D eigenvalue weighted by Crippen LogP contribution is 2.39. The number of nitrogens with zero attached hydrogens (tertiary/aromatic N) is 7. The molecule has 272 valence electrons. The molecule has 0 saturated carbocycles. The van der Waals surface area contributed by atoms with E-state index >= 15 is 0 Å². The van der Waals surface area contributed by atoms with Crippen molar-refractivity contribution in [3.63, 3.8) is 0 Å². The molecule has 3 aromatic carbocycles. The first-order valence-corrected chi connectivity index (χ1v) is 17.4. The first-order valence-electron chi connectivity index (χ1n) is 17.4. The Kier molecular flexibility index (Phi) is 10.0. The fourth-order valence-electron chi connectivity index (χ4n) is 6.56. The maximum Gasteiger partial charge on any atom is 0.416 e. The summed E-state index contributed by atoms with van der Waals surface area (Å²) in [7, 11) is 0. The molecule has 14 heteroatoms. The number of benzene rings is 3. The lowest BCUT2D eigenvalue weighted by Gasteiger charge is -2.37. The Bertz CT molecular complexity index is 1980. The Morgan fingerprint density at radius 3 is 2.12 bits per heavy atom. The van der Waals surface area contributed by atoms with Crippen LogP contribution in [-0.2, 0) is 27.9 Å². The molecular formula is C38H40F3N7O4. The molecule has 0 bridgehead atoms.